The van der Waals surface area contributed by atoms with Gasteiger partial charge in [0.1, 0.15) is 0 Å². The van der Waals surface area contributed by atoms with E-state index in [2.05, 4.69) is 10.3 Å². The highest BCUT2D eigenvalue weighted by Gasteiger charge is 2.18. The summed E-state index contributed by atoms with van der Waals surface area (Å²) < 4.78 is 24.8. The molecule has 0 radical (unpaired) electrons. The lowest BCUT2D eigenvalue weighted by molar-refractivity contribution is -0.121. The highest BCUT2D eigenvalue weighted by atomic mass is 32.2. The summed E-state index contributed by atoms with van der Waals surface area (Å²) in [7, 11) is -3.35. The second-order valence-corrected chi connectivity index (χ2v) is 6.54. The average molecular weight is 299 g/mol. The molecule has 7 heteroatoms. The van der Waals surface area contributed by atoms with Crippen LogP contribution in [0.2, 0.25) is 0 Å². The second kappa shape index (κ2) is 7.96. The van der Waals surface area contributed by atoms with Crippen LogP contribution in [-0.4, -0.2) is 43.0 Å². The molecule has 0 aliphatic carbocycles. The summed E-state index contributed by atoms with van der Waals surface area (Å²) in [5.74, 6) is -0.133. The van der Waals surface area contributed by atoms with Gasteiger partial charge in [-0.1, -0.05) is 13.0 Å². The van der Waals surface area contributed by atoms with Gasteiger partial charge in [-0.2, -0.15) is 4.31 Å². The number of rotatable bonds is 8. The molecule has 6 nitrogen and oxygen atoms in total. The standard InChI is InChI=1S/C13H21N3O3S/c1-3-7-15-13(17)6-9-16(20(2,18)19)11-12-5-4-8-14-10-12/h4-5,8,10H,3,6-7,9,11H2,1-2H3,(H,15,17). The minimum Gasteiger partial charge on any atom is -0.356 e. The van der Waals surface area contributed by atoms with E-state index < -0.39 is 10.0 Å². The van der Waals surface area contributed by atoms with Crippen molar-refractivity contribution < 1.29 is 13.2 Å². The Balaban J connectivity index is 2.60. The monoisotopic (exact) mass is 299 g/mol. The van der Waals surface area contributed by atoms with Crippen LogP contribution in [-0.2, 0) is 21.4 Å². The molecule has 0 bridgehead atoms. The Morgan fingerprint density at radius 2 is 2.20 bits per heavy atom. The normalized spacial score (nSPS) is 11.6. The number of hydrogen-bond donors (Lipinski definition) is 1. The zero-order chi connectivity index (χ0) is 15.0. The van der Waals surface area contributed by atoms with Gasteiger partial charge in [0, 0.05) is 38.4 Å². The number of pyridine rings is 1. The molecule has 112 valence electrons. The number of hydrogen-bond acceptors (Lipinski definition) is 4. The lowest BCUT2D eigenvalue weighted by atomic mass is 10.3. The molecule has 1 heterocycles. The molecule has 0 saturated carbocycles. The molecular weight excluding hydrogens is 278 g/mol. The second-order valence-electron chi connectivity index (χ2n) is 4.56. The van der Waals surface area contributed by atoms with Gasteiger partial charge in [-0.05, 0) is 18.1 Å². The van der Waals surface area contributed by atoms with Gasteiger partial charge in [0.25, 0.3) is 0 Å². The summed E-state index contributed by atoms with van der Waals surface area (Å²) in [4.78, 5) is 15.5. The predicted octanol–water partition coefficient (Wildman–Crippen LogP) is 0.760. The Labute approximate surface area is 120 Å². The van der Waals surface area contributed by atoms with Gasteiger partial charge in [-0.25, -0.2) is 8.42 Å². The molecule has 0 aromatic carbocycles. The summed E-state index contributed by atoms with van der Waals surface area (Å²) in [5.41, 5.74) is 0.798. The summed E-state index contributed by atoms with van der Waals surface area (Å²) in [6, 6.07) is 3.56. The molecule has 1 N–H and O–H groups in total. The molecule has 1 aromatic rings. The van der Waals surface area contributed by atoms with Crippen molar-refractivity contribution in [3.8, 4) is 0 Å². The number of nitrogens with zero attached hydrogens (tertiary/aromatic N) is 2. The van der Waals surface area contributed by atoms with Crippen LogP contribution in [0.15, 0.2) is 24.5 Å². The number of aromatic nitrogens is 1. The molecule has 0 saturated heterocycles. The average Bonchev–Trinajstić information content (AvgIpc) is 2.41. The number of sulfonamides is 1. The van der Waals surface area contributed by atoms with Crippen molar-refractivity contribution in [1.82, 2.24) is 14.6 Å². The Bertz CT molecular complexity index is 517. The minimum absolute atomic E-state index is 0.133. The van der Waals surface area contributed by atoms with E-state index in [1.807, 2.05) is 13.0 Å². The van der Waals surface area contributed by atoms with Crippen LogP contribution >= 0.6 is 0 Å². The number of carbonyl (C=O) groups excluding carboxylic acids is 1. The Morgan fingerprint density at radius 3 is 2.75 bits per heavy atom. The van der Waals surface area contributed by atoms with Gasteiger partial charge < -0.3 is 5.32 Å². The summed E-state index contributed by atoms with van der Waals surface area (Å²) in [6.45, 7) is 2.98. The molecule has 1 amide bonds. The molecule has 0 fully saturated rings. The first kappa shape index (κ1) is 16.6. The van der Waals surface area contributed by atoms with E-state index in [9.17, 15) is 13.2 Å². The molecule has 1 rings (SSSR count). The van der Waals surface area contributed by atoms with Crippen molar-refractivity contribution in [2.75, 3.05) is 19.3 Å². The third-order valence-corrected chi connectivity index (χ3v) is 3.96. The molecule has 0 aliphatic rings. The molecule has 20 heavy (non-hydrogen) atoms. The quantitative estimate of drug-likeness (QED) is 0.768. The Morgan fingerprint density at radius 1 is 1.45 bits per heavy atom. The maximum Gasteiger partial charge on any atom is 0.221 e. The number of nitrogens with one attached hydrogen (secondary N) is 1. The lowest BCUT2D eigenvalue weighted by Crippen LogP contribution is -2.34. The van der Waals surface area contributed by atoms with Crippen molar-refractivity contribution >= 4 is 15.9 Å². The predicted molar refractivity (Wildman–Crippen MR) is 77.4 cm³/mol. The van der Waals surface area contributed by atoms with Crippen LogP contribution in [0.3, 0.4) is 0 Å². The molecule has 0 aliphatic heterocycles. The third kappa shape index (κ3) is 6.12. The first-order valence-electron chi connectivity index (χ1n) is 6.54. The van der Waals surface area contributed by atoms with E-state index in [0.717, 1.165) is 18.2 Å². The van der Waals surface area contributed by atoms with E-state index >= 15 is 0 Å². The van der Waals surface area contributed by atoms with Crippen LogP contribution < -0.4 is 5.32 Å². The first-order chi connectivity index (χ1) is 9.43. The minimum atomic E-state index is -3.35. The van der Waals surface area contributed by atoms with Crippen molar-refractivity contribution in [3.05, 3.63) is 30.1 Å². The lowest BCUT2D eigenvalue weighted by Gasteiger charge is -2.19. The first-order valence-corrected chi connectivity index (χ1v) is 8.39. The summed E-state index contributed by atoms with van der Waals surface area (Å²) in [6.07, 6.45) is 5.42. The number of amides is 1. The van der Waals surface area contributed by atoms with Gasteiger partial charge in [0.05, 0.1) is 6.26 Å². The van der Waals surface area contributed by atoms with Gasteiger partial charge in [-0.15, -0.1) is 0 Å². The molecule has 0 atom stereocenters. The van der Waals surface area contributed by atoms with Crippen molar-refractivity contribution in [2.24, 2.45) is 0 Å². The largest absolute Gasteiger partial charge is 0.356 e. The van der Waals surface area contributed by atoms with Crippen LogP contribution in [0.5, 0.6) is 0 Å². The van der Waals surface area contributed by atoms with Gasteiger partial charge in [-0.3, -0.25) is 9.78 Å². The van der Waals surface area contributed by atoms with Gasteiger partial charge >= 0.3 is 0 Å². The highest BCUT2D eigenvalue weighted by molar-refractivity contribution is 7.88. The molecule has 0 spiro atoms. The van der Waals surface area contributed by atoms with Gasteiger partial charge in [0.2, 0.25) is 15.9 Å². The highest BCUT2D eigenvalue weighted by Crippen LogP contribution is 2.08. The fraction of sp³-hybridized carbons (Fsp3) is 0.538. The topological polar surface area (TPSA) is 79.4 Å². The fourth-order valence-corrected chi connectivity index (χ4v) is 2.44. The maximum atomic E-state index is 11.7. The Hall–Kier alpha value is -1.47. The molecule has 1 aromatic heterocycles. The van der Waals surface area contributed by atoms with E-state index in [1.165, 1.54) is 4.31 Å². The van der Waals surface area contributed by atoms with Gasteiger partial charge in [0.15, 0.2) is 0 Å². The molecular formula is C13H21N3O3S. The summed E-state index contributed by atoms with van der Waals surface area (Å²) >= 11 is 0. The smallest absolute Gasteiger partial charge is 0.221 e. The van der Waals surface area contributed by atoms with Crippen molar-refractivity contribution in [1.29, 1.82) is 0 Å². The van der Waals surface area contributed by atoms with Crippen LogP contribution in [0, 0.1) is 0 Å². The maximum absolute atomic E-state index is 11.7. The van der Waals surface area contributed by atoms with Crippen LogP contribution in [0.25, 0.3) is 0 Å². The zero-order valence-corrected chi connectivity index (χ0v) is 12.7. The van der Waals surface area contributed by atoms with E-state index in [0.29, 0.717) is 6.54 Å². The van der Waals surface area contributed by atoms with E-state index in [-0.39, 0.29) is 25.4 Å². The van der Waals surface area contributed by atoms with E-state index in [4.69, 9.17) is 0 Å². The SMILES string of the molecule is CCCNC(=O)CCN(Cc1cccnc1)S(C)(=O)=O. The summed E-state index contributed by atoms with van der Waals surface area (Å²) in [5, 5.41) is 2.73. The number of carbonyl (C=O) groups is 1. The fourth-order valence-electron chi connectivity index (χ4n) is 1.64. The van der Waals surface area contributed by atoms with Crippen molar-refractivity contribution in [3.63, 3.8) is 0 Å². The van der Waals surface area contributed by atoms with Crippen LogP contribution in [0.1, 0.15) is 25.3 Å². The van der Waals surface area contributed by atoms with Crippen LogP contribution in [0.4, 0.5) is 0 Å². The zero-order valence-electron chi connectivity index (χ0n) is 11.9. The molecule has 0 unspecified atom stereocenters. The van der Waals surface area contributed by atoms with E-state index in [1.54, 1.807) is 18.5 Å². The third-order valence-electron chi connectivity index (χ3n) is 2.71. The Kier molecular flexibility index (Phi) is 6.60. The van der Waals surface area contributed by atoms with Crippen molar-refractivity contribution in [2.45, 2.75) is 26.3 Å².